The molecule has 0 bridgehead atoms. The quantitative estimate of drug-likeness (QED) is 0.345. The Labute approximate surface area is 187 Å². The second-order valence-corrected chi connectivity index (χ2v) is 10.7. The zero-order valence-electron chi connectivity index (χ0n) is 17.2. The van der Waals surface area contributed by atoms with Gasteiger partial charge in [0.1, 0.15) is 0 Å². The highest BCUT2D eigenvalue weighted by molar-refractivity contribution is 7.90. The maximum atomic E-state index is 13.4. The molecule has 3 rings (SSSR count). The number of nitrogens with two attached hydrogens (primary N) is 1. The zero-order valence-corrected chi connectivity index (χ0v) is 18.8. The topological polar surface area (TPSA) is 144 Å². The lowest BCUT2D eigenvalue weighted by Gasteiger charge is -2.17. The van der Waals surface area contributed by atoms with Crippen LogP contribution in [0, 0.1) is 0 Å². The second kappa shape index (κ2) is 8.70. The first-order valence-electron chi connectivity index (χ1n) is 9.08. The van der Waals surface area contributed by atoms with Gasteiger partial charge in [0.2, 0.25) is 15.8 Å². The molecule has 4 N–H and O–H groups in total. The van der Waals surface area contributed by atoms with Crippen LogP contribution in [0.2, 0.25) is 0 Å². The van der Waals surface area contributed by atoms with Crippen LogP contribution >= 0.6 is 0 Å². The molecule has 0 amide bonds. The van der Waals surface area contributed by atoms with E-state index in [-0.39, 0.29) is 38.0 Å². The Kier molecular flexibility index (Phi) is 6.48. The normalized spacial score (nSPS) is 12.5. The minimum Gasteiger partial charge on any atom is -0.308 e. The number of rotatable bonds is 6. The predicted octanol–water partition coefficient (Wildman–Crippen LogP) is 2.43. The van der Waals surface area contributed by atoms with Crippen molar-refractivity contribution in [3.63, 3.8) is 0 Å². The van der Waals surface area contributed by atoms with Crippen molar-refractivity contribution in [2.75, 3.05) is 18.7 Å². The monoisotopic (exact) mass is 501 g/mol. The molecule has 0 saturated heterocycles. The van der Waals surface area contributed by atoms with E-state index in [0.29, 0.717) is 0 Å². The molecule has 0 radical (unpaired) electrons. The van der Waals surface area contributed by atoms with Gasteiger partial charge in [0.25, 0.3) is 0 Å². The Morgan fingerprint density at radius 1 is 0.848 bits per heavy atom. The van der Waals surface area contributed by atoms with Crippen LogP contribution in [0.1, 0.15) is 5.82 Å². The molecule has 1 aromatic heterocycles. The van der Waals surface area contributed by atoms with E-state index in [2.05, 4.69) is 20.1 Å². The average Bonchev–Trinajstić information content (AvgIpc) is 2.77. The molecule has 0 saturated carbocycles. The van der Waals surface area contributed by atoms with Gasteiger partial charge in [-0.15, -0.1) is 0 Å². The van der Waals surface area contributed by atoms with Gasteiger partial charge in [0.15, 0.2) is 15.7 Å². The summed E-state index contributed by atoms with van der Waals surface area (Å²) in [5.41, 5.74) is 2.44. The number of benzene rings is 2. The highest BCUT2D eigenvalue weighted by atomic mass is 32.2. The van der Waals surface area contributed by atoms with Gasteiger partial charge in [-0.3, -0.25) is 0 Å². The molecule has 0 aliphatic rings. The van der Waals surface area contributed by atoms with Crippen molar-refractivity contribution in [3.05, 3.63) is 54.4 Å². The largest absolute Gasteiger partial charge is 0.451 e. The number of nitrogens with zero attached hydrogens (tertiary/aromatic N) is 2. The number of hydrazine groups is 1. The van der Waals surface area contributed by atoms with Crippen LogP contribution < -0.4 is 16.0 Å². The fourth-order valence-electron chi connectivity index (χ4n) is 2.95. The van der Waals surface area contributed by atoms with Crippen LogP contribution in [0.25, 0.3) is 22.4 Å². The molecule has 176 valence electrons. The highest BCUT2D eigenvalue weighted by Gasteiger charge is 2.36. The fourth-order valence-corrected chi connectivity index (χ4v) is 4.31. The highest BCUT2D eigenvalue weighted by Crippen LogP contribution is 2.39. The Hall–Kier alpha value is -3.07. The Morgan fingerprint density at radius 3 is 1.82 bits per heavy atom. The number of hydrogen-bond donors (Lipinski definition) is 3. The Bertz CT molecular complexity index is 1390. The van der Waals surface area contributed by atoms with Crippen LogP contribution in [0.3, 0.4) is 0 Å². The summed E-state index contributed by atoms with van der Waals surface area (Å²) in [5.74, 6) is 3.64. The summed E-state index contributed by atoms with van der Waals surface area (Å²) in [6, 6.07) is 10.3. The van der Waals surface area contributed by atoms with E-state index in [1.807, 2.05) is 0 Å². The first kappa shape index (κ1) is 24.6. The molecule has 0 atom stereocenters. The van der Waals surface area contributed by atoms with Gasteiger partial charge in [0.05, 0.1) is 21.0 Å². The van der Waals surface area contributed by atoms with E-state index in [1.54, 1.807) is 0 Å². The number of nitrogens with one attached hydrogen (secondary N) is 2. The number of aromatic nitrogens is 2. The number of sulfonamides is 1. The van der Waals surface area contributed by atoms with E-state index in [0.717, 1.165) is 6.26 Å². The SMILES string of the molecule is CNS(=O)(=O)c1ccc(-c2c(NN)nc(C(F)(F)F)nc2-c2ccc(S(C)(=O)=O)cc2)cc1. The third-order valence-electron chi connectivity index (χ3n) is 4.58. The van der Waals surface area contributed by atoms with Gasteiger partial charge < -0.3 is 5.43 Å². The molecule has 3 aromatic rings. The zero-order chi connectivity index (χ0) is 24.6. The van der Waals surface area contributed by atoms with Crippen LogP contribution in [0.5, 0.6) is 0 Å². The second-order valence-electron chi connectivity index (χ2n) is 6.79. The molecule has 0 fully saturated rings. The van der Waals surface area contributed by atoms with Crippen molar-refractivity contribution < 1.29 is 30.0 Å². The average molecular weight is 502 g/mol. The van der Waals surface area contributed by atoms with Crippen LogP contribution in [0.4, 0.5) is 19.0 Å². The molecule has 0 spiro atoms. The number of nitrogen functional groups attached to an aromatic ring is 1. The number of alkyl halides is 3. The number of hydrogen-bond acceptors (Lipinski definition) is 8. The van der Waals surface area contributed by atoms with Crippen LogP contribution in [0.15, 0.2) is 58.3 Å². The van der Waals surface area contributed by atoms with Crippen LogP contribution in [-0.4, -0.2) is 40.1 Å². The van der Waals surface area contributed by atoms with Crippen molar-refractivity contribution in [3.8, 4) is 22.4 Å². The number of anilines is 1. The smallest absolute Gasteiger partial charge is 0.308 e. The van der Waals surface area contributed by atoms with Gasteiger partial charge >= 0.3 is 6.18 Å². The Morgan fingerprint density at radius 2 is 1.36 bits per heavy atom. The minimum atomic E-state index is -4.89. The summed E-state index contributed by atoms with van der Waals surface area (Å²) in [6.07, 6.45) is -3.90. The van der Waals surface area contributed by atoms with E-state index in [1.165, 1.54) is 55.6 Å². The lowest BCUT2D eigenvalue weighted by Crippen LogP contribution is -2.19. The van der Waals surface area contributed by atoms with Gasteiger partial charge in [-0.2, -0.15) is 13.2 Å². The summed E-state index contributed by atoms with van der Waals surface area (Å²) < 4.78 is 89.9. The van der Waals surface area contributed by atoms with E-state index >= 15 is 0 Å². The van der Waals surface area contributed by atoms with Crippen molar-refractivity contribution >= 4 is 25.7 Å². The van der Waals surface area contributed by atoms with Crippen molar-refractivity contribution in [1.29, 1.82) is 0 Å². The molecule has 14 heteroatoms. The molecule has 2 aromatic carbocycles. The maximum absolute atomic E-state index is 13.4. The molecular weight excluding hydrogens is 483 g/mol. The van der Waals surface area contributed by atoms with E-state index in [9.17, 15) is 30.0 Å². The van der Waals surface area contributed by atoms with Gasteiger partial charge in [-0.25, -0.2) is 37.4 Å². The van der Waals surface area contributed by atoms with Gasteiger partial charge in [-0.05, 0) is 36.9 Å². The summed E-state index contributed by atoms with van der Waals surface area (Å²) in [5, 5.41) is 0. The molecule has 0 unspecified atom stereocenters. The number of halogens is 3. The first-order chi connectivity index (χ1) is 15.3. The Balaban J connectivity index is 2.29. The van der Waals surface area contributed by atoms with Crippen molar-refractivity contribution in [2.24, 2.45) is 5.84 Å². The third kappa shape index (κ3) is 5.13. The number of sulfone groups is 1. The van der Waals surface area contributed by atoms with Crippen molar-refractivity contribution in [1.82, 2.24) is 14.7 Å². The van der Waals surface area contributed by atoms with Gasteiger partial charge in [0, 0.05) is 11.8 Å². The predicted molar refractivity (Wildman–Crippen MR) is 115 cm³/mol. The van der Waals surface area contributed by atoms with Crippen molar-refractivity contribution in [2.45, 2.75) is 16.0 Å². The third-order valence-corrected chi connectivity index (χ3v) is 7.14. The summed E-state index contributed by atoms with van der Waals surface area (Å²) >= 11 is 0. The van der Waals surface area contributed by atoms with E-state index in [4.69, 9.17) is 5.84 Å². The minimum absolute atomic E-state index is 0.0308. The van der Waals surface area contributed by atoms with Crippen LogP contribution in [-0.2, 0) is 26.0 Å². The van der Waals surface area contributed by atoms with Gasteiger partial charge in [-0.1, -0.05) is 24.3 Å². The standard InChI is InChI=1S/C19H18F3N5O4S2/c1-24-33(30,31)14-9-3-11(4-10-14)15-16(12-5-7-13(8-6-12)32(2,28)29)25-18(19(20,21)22)26-17(15)27-23/h3-10,24H,23H2,1-2H3,(H,25,26,27). The summed E-state index contributed by atoms with van der Waals surface area (Å²) in [6.45, 7) is 0. The first-order valence-corrected chi connectivity index (χ1v) is 12.5. The molecule has 0 aliphatic carbocycles. The molecule has 0 aliphatic heterocycles. The fraction of sp³-hybridized carbons (Fsp3) is 0.158. The van der Waals surface area contributed by atoms with E-state index < -0.39 is 31.9 Å². The summed E-state index contributed by atoms with van der Waals surface area (Å²) in [7, 11) is -6.05. The lowest BCUT2D eigenvalue weighted by molar-refractivity contribution is -0.144. The molecular formula is C19H18F3N5O4S2. The lowest BCUT2D eigenvalue weighted by atomic mass is 9.99. The summed E-state index contributed by atoms with van der Waals surface area (Å²) in [4.78, 5) is 7.04. The molecule has 1 heterocycles. The molecule has 33 heavy (non-hydrogen) atoms. The molecule has 9 nitrogen and oxygen atoms in total. The maximum Gasteiger partial charge on any atom is 0.451 e.